The van der Waals surface area contributed by atoms with Crippen LogP contribution in [0.3, 0.4) is 0 Å². The number of nitrogens with one attached hydrogen (secondary N) is 1. The maximum absolute atomic E-state index is 14.0. The lowest BCUT2D eigenvalue weighted by molar-refractivity contribution is -0.00802. The topological polar surface area (TPSA) is 61.2 Å². The zero-order valence-electron chi connectivity index (χ0n) is 19.5. The van der Waals surface area contributed by atoms with Gasteiger partial charge >= 0.3 is 0 Å². The molecule has 0 bridgehead atoms. The Morgan fingerprint density at radius 2 is 2.00 bits per heavy atom. The van der Waals surface area contributed by atoms with Gasteiger partial charge in [0, 0.05) is 65.1 Å². The van der Waals surface area contributed by atoms with Gasteiger partial charge in [-0.05, 0) is 25.1 Å². The van der Waals surface area contributed by atoms with Crippen LogP contribution in [0.4, 0.5) is 10.1 Å². The molecule has 2 aliphatic heterocycles. The second-order valence-electron chi connectivity index (χ2n) is 8.36. The monoisotopic (exact) mass is 571 g/mol. The summed E-state index contributed by atoms with van der Waals surface area (Å²) in [6, 6.07) is 7.04. The van der Waals surface area contributed by atoms with Gasteiger partial charge < -0.3 is 19.9 Å². The molecule has 2 saturated heterocycles. The van der Waals surface area contributed by atoms with E-state index >= 15 is 0 Å². The number of hydrogen-bond donors (Lipinski definition) is 1. The van der Waals surface area contributed by atoms with Crippen molar-refractivity contribution in [1.82, 2.24) is 24.9 Å². The average Bonchev–Trinajstić information content (AvgIpc) is 3.26. The van der Waals surface area contributed by atoms with Gasteiger partial charge in [-0.3, -0.25) is 14.6 Å². The Hall–Kier alpha value is -1.92. The van der Waals surface area contributed by atoms with Gasteiger partial charge in [-0.15, -0.1) is 24.0 Å². The molecule has 0 spiro atoms. The van der Waals surface area contributed by atoms with Gasteiger partial charge in [0.2, 0.25) is 0 Å². The van der Waals surface area contributed by atoms with Crippen LogP contribution >= 0.6 is 24.0 Å². The first kappa shape index (κ1) is 25.7. The van der Waals surface area contributed by atoms with Crippen LogP contribution in [0, 0.1) is 5.82 Å². The molecule has 8 nitrogen and oxygen atoms in total. The number of benzene rings is 1. The first-order chi connectivity index (χ1) is 15.6. The highest BCUT2D eigenvalue weighted by atomic mass is 127. The third kappa shape index (κ3) is 6.80. The number of halogens is 2. The van der Waals surface area contributed by atoms with Crippen LogP contribution in [0.15, 0.2) is 41.7 Å². The number of aliphatic imine (C=N–C) groups is 1. The van der Waals surface area contributed by atoms with E-state index in [1.807, 2.05) is 38.6 Å². The number of para-hydroxylation sites is 1. The smallest absolute Gasteiger partial charge is 0.193 e. The third-order valence-electron chi connectivity index (χ3n) is 6.17. The molecule has 4 rings (SSSR count). The number of aromatic nitrogens is 2. The number of nitrogens with zero attached hydrogens (tertiary/aromatic N) is 6. The van der Waals surface area contributed by atoms with E-state index in [9.17, 15) is 4.39 Å². The summed E-state index contributed by atoms with van der Waals surface area (Å²) in [5, 5.41) is 7.77. The van der Waals surface area contributed by atoms with Crippen molar-refractivity contribution < 1.29 is 9.13 Å². The Kier molecular flexibility index (Phi) is 9.75. The van der Waals surface area contributed by atoms with Crippen LogP contribution in [0.2, 0.25) is 0 Å². The molecule has 1 aromatic heterocycles. The number of rotatable bonds is 6. The van der Waals surface area contributed by atoms with Crippen LogP contribution in [-0.4, -0.2) is 91.6 Å². The summed E-state index contributed by atoms with van der Waals surface area (Å²) >= 11 is 0. The zero-order chi connectivity index (χ0) is 22.3. The fraction of sp³-hybridized carbons (Fsp3) is 0.565. The molecule has 3 heterocycles. The lowest BCUT2D eigenvalue weighted by atomic mass is 10.1. The number of guanidine groups is 1. The Morgan fingerprint density at radius 3 is 2.70 bits per heavy atom. The van der Waals surface area contributed by atoms with Crippen LogP contribution in [0.5, 0.6) is 0 Å². The summed E-state index contributed by atoms with van der Waals surface area (Å²) in [6.07, 6.45) is 4.93. The standard InChI is InChI=1S/C23H34FN7O.HI/c1-25-23(31-14-15-32-22(18-31)19-16-27-28(2)17-19)26-8-5-9-29-10-12-30(13-11-29)21-7-4-3-6-20(21)24;/h3-4,6-7,16-17,22H,5,8-15,18H2,1-2H3,(H,25,26);1H. The SMILES string of the molecule is CN=C(NCCCN1CCN(c2ccccc2F)CC1)N1CCOC(c2cnn(C)c2)C1.I. The highest BCUT2D eigenvalue weighted by molar-refractivity contribution is 14.0. The summed E-state index contributed by atoms with van der Waals surface area (Å²) in [4.78, 5) is 11.3. The molecule has 0 aliphatic carbocycles. The van der Waals surface area contributed by atoms with E-state index in [1.54, 1.807) is 10.7 Å². The van der Waals surface area contributed by atoms with Crippen molar-refractivity contribution >= 4 is 35.6 Å². The van der Waals surface area contributed by atoms with E-state index < -0.39 is 0 Å². The maximum Gasteiger partial charge on any atom is 0.193 e. The lowest BCUT2D eigenvalue weighted by Crippen LogP contribution is -2.49. The van der Waals surface area contributed by atoms with Gasteiger partial charge in [0.05, 0.1) is 25.0 Å². The molecule has 0 saturated carbocycles. The highest BCUT2D eigenvalue weighted by Gasteiger charge is 2.25. The Balaban J connectivity index is 0.00000306. The molecular weight excluding hydrogens is 536 g/mol. The molecule has 1 aromatic carbocycles. The molecule has 2 fully saturated rings. The van der Waals surface area contributed by atoms with E-state index in [4.69, 9.17) is 4.74 Å². The summed E-state index contributed by atoms with van der Waals surface area (Å²) in [5.41, 5.74) is 1.81. The molecule has 1 atom stereocenters. The first-order valence-corrected chi connectivity index (χ1v) is 11.4. The van der Waals surface area contributed by atoms with Crippen molar-refractivity contribution in [3.63, 3.8) is 0 Å². The number of aryl methyl sites for hydroxylation is 1. The number of morpholine rings is 1. The van der Waals surface area contributed by atoms with Gasteiger partial charge in [-0.2, -0.15) is 5.10 Å². The van der Waals surface area contributed by atoms with Crippen LogP contribution in [0.1, 0.15) is 18.1 Å². The molecule has 10 heteroatoms. The van der Waals surface area contributed by atoms with E-state index in [2.05, 4.69) is 30.1 Å². The second kappa shape index (κ2) is 12.5. The van der Waals surface area contributed by atoms with Gasteiger partial charge in [-0.25, -0.2) is 4.39 Å². The van der Waals surface area contributed by atoms with E-state index in [1.165, 1.54) is 6.07 Å². The molecule has 182 valence electrons. The highest BCUT2D eigenvalue weighted by Crippen LogP contribution is 2.22. The van der Waals surface area contributed by atoms with Crippen molar-refractivity contribution in [2.24, 2.45) is 12.0 Å². The molecule has 2 aromatic rings. The second-order valence-corrected chi connectivity index (χ2v) is 8.36. The van der Waals surface area contributed by atoms with E-state index in [0.717, 1.165) is 70.3 Å². The largest absolute Gasteiger partial charge is 0.370 e. The van der Waals surface area contributed by atoms with Crippen LogP contribution in [-0.2, 0) is 11.8 Å². The van der Waals surface area contributed by atoms with Crippen molar-refractivity contribution in [2.75, 3.05) is 70.9 Å². The fourth-order valence-corrected chi connectivity index (χ4v) is 4.41. The molecule has 1 N–H and O–H groups in total. The van der Waals surface area contributed by atoms with Crippen molar-refractivity contribution in [2.45, 2.75) is 12.5 Å². The first-order valence-electron chi connectivity index (χ1n) is 11.4. The normalized spacial score (nSPS) is 20.0. The van der Waals surface area contributed by atoms with Gasteiger partial charge in [-0.1, -0.05) is 12.1 Å². The predicted octanol–water partition coefficient (Wildman–Crippen LogP) is 2.34. The van der Waals surface area contributed by atoms with Crippen molar-refractivity contribution in [1.29, 1.82) is 0 Å². The molecule has 1 unspecified atom stereocenters. The zero-order valence-corrected chi connectivity index (χ0v) is 21.8. The maximum atomic E-state index is 14.0. The summed E-state index contributed by atoms with van der Waals surface area (Å²) < 4.78 is 21.8. The van der Waals surface area contributed by atoms with Gasteiger partial charge in [0.25, 0.3) is 0 Å². The van der Waals surface area contributed by atoms with Gasteiger partial charge in [0.1, 0.15) is 11.9 Å². The molecule has 0 amide bonds. The van der Waals surface area contributed by atoms with E-state index in [0.29, 0.717) is 12.3 Å². The van der Waals surface area contributed by atoms with E-state index in [-0.39, 0.29) is 35.9 Å². The number of piperazine rings is 1. The average molecular weight is 571 g/mol. The Labute approximate surface area is 212 Å². The van der Waals surface area contributed by atoms with Crippen LogP contribution in [0.25, 0.3) is 0 Å². The fourth-order valence-electron chi connectivity index (χ4n) is 4.41. The third-order valence-corrected chi connectivity index (χ3v) is 6.17. The summed E-state index contributed by atoms with van der Waals surface area (Å²) in [7, 11) is 3.75. The number of anilines is 1. The van der Waals surface area contributed by atoms with Crippen molar-refractivity contribution in [3.8, 4) is 0 Å². The lowest BCUT2D eigenvalue weighted by Gasteiger charge is -2.36. The minimum atomic E-state index is -0.134. The molecule has 2 aliphatic rings. The quantitative estimate of drug-likeness (QED) is 0.249. The van der Waals surface area contributed by atoms with Crippen molar-refractivity contribution in [3.05, 3.63) is 48.0 Å². The predicted molar refractivity (Wildman–Crippen MR) is 140 cm³/mol. The minimum Gasteiger partial charge on any atom is -0.370 e. The Morgan fingerprint density at radius 1 is 1.21 bits per heavy atom. The molecule has 33 heavy (non-hydrogen) atoms. The van der Waals surface area contributed by atoms with Crippen LogP contribution < -0.4 is 10.2 Å². The summed E-state index contributed by atoms with van der Waals surface area (Å²) in [6.45, 7) is 7.80. The van der Waals surface area contributed by atoms with Gasteiger partial charge in [0.15, 0.2) is 5.96 Å². The number of ether oxygens (including phenoxy) is 1. The Bertz CT molecular complexity index is 900. The number of hydrogen-bond acceptors (Lipinski definition) is 5. The summed E-state index contributed by atoms with van der Waals surface area (Å²) in [5.74, 6) is 0.789. The molecular formula is C23H35FIN7O. The minimum absolute atomic E-state index is 0. The molecule has 0 radical (unpaired) electrons.